The van der Waals surface area contributed by atoms with E-state index in [9.17, 15) is 20.0 Å². The van der Waals surface area contributed by atoms with Gasteiger partial charge in [-0.05, 0) is 28.1 Å². The van der Waals surface area contributed by atoms with Crippen molar-refractivity contribution >= 4 is 33.7 Å². The van der Waals surface area contributed by atoms with Crippen molar-refractivity contribution in [1.29, 1.82) is 0 Å². The Balaban J connectivity index is 2.17. The summed E-state index contributed by atoms with van der Waals surface area (Å²) in [6.07, 6.45) is 4.04. The molecule has 2 N–H and O–H groups in total. The molecule has 0 aliphatic rings. The van der Waals surface area contributed by atoms with Crippen LogP contribution in [0.15, 0.2) is 46.2 Å². The van der Waals surface area contributed by atoms with Gasteiger partial charge in [0, 0.05) is 35.7 Å². The summed E-state index contributed by atoms with van der Waals surface area (Å²) in [5.41, 5.74) is 2.48. The highest BCUT2D eigenvalue weighted by Crippen LogP contribution is 2.31. The van der Waals surface area contributed by atoms with Gasteiger partial charge in [0.05, 0.1) is 15.6 Å². The van der Waals surface area contributed by atoms with E-state index in [1.165, 1.54) is 30.6 Å². The molecule has 1 amide bonds. The molecule has 0 unspecified atom stereocenters. The molecule has 0 spiro atoms. The van der Waals surface area contributed by atoms with Crippen LogP contribution in [0.5, 0.6) is 5.75 Å². The largest absolute Gasteiger partial charge is 0.506 e. The lowest BCUT2D eigenvalue weighted by molar-refractivity contribution is -0.385. The molecule has 1 heterocycles. The maximum atomic E-state index is 11.7. The summed E-state index contributed by atoms with van der Waals surface area (Å²) in [6, 6.07) is 5.32. The lowest BCUT2D eigenvalue weighted by atomic mass is 10.2. The third-order valence-electron chi connectivity index (χ3n) is 2.60. The zero-order valence-electron chi connectivity index (χ0n) is 10.9. The number of amides is 1. The SMILES string of the molecule is O=C(N/N=C\c1cc([N+](=O)[O-])cc(Br)c1O)c1ccncc1. The van der Waals surface area contributed by atoms with Crippen LogP contribution in [0.3, 0.4) is 0 Å². The molecule has 9 heteroatoms. The summed E-state index contributed by atoms with van der Waals surface area (Å²) in [7, 11) is 0. The predicted octanol–water partition coefficient (Wildman–Crippen LogP) is 2.22. The number of nitrogens with one attached hydrogen (secondary N) is 1. The van der Waals surface area contributed by atoms with Crippen molar-refractivity contribution in [1.82, 2.24) is 10.4 Å². The van der Waals surface area contributed by atoms with E-state index in [2.05, 4.69) is 31.4 Å². The Morgan fingerprint density at radius 2 is 2.09 bits per heavy atom. The highest BCUT2D eigenvalue weighted by molar-refractivity contribution is 9.10. The number of carbonyl (C=O) groups is 1. The fourth-order valence-electron chi connectivity index (χ4n) is 1.54. The number of aromatic hydroxyl groups is 1. The number of phenolic OH excluding ortho intramolecular Hbond substituents is 1. The molecule has 0 radical (unpaired) electrons. The van der Waals surface area contributed by atoms with E-state index in [1.807, 2.05) is 0 Å². The predicted molar refractivity (Wildman–Crippen MR) is 81.8 cm³/mol. The topological polar surface area (TPSA) is 118 Å². The Bertz CT molecular complexity index is 749. The number of hydrogen-bond donors (Lipinski definition) is 2. The minimum Gasteiger partial charge on any atom is -0.506 e. The van der Waals surface area contributed by atoms with Crippen LogP contribution in [0.4, 0.5) is 5.69 Å². The summed E-state index contributed by atoms with van der Waals surface area (Å²) in [5.74, 6) is -0.685. The minimum atomic E-state index is -0.600. The number of nitrogens with zero attached hydrogens (tertiary/aromatic N) is 3. The van der Waals surface area contributed by atoms with Gasteiger partial charge in [0.2, 0.25) is 0 Å². The number of aromatic nitrogens is 1. The summed E-state index contributed by atoms with van der Waals surface area (Å²) in [4.78, 5) is 25.7. The quantitative estimate of drug-likeness (QED) is 0.489. The van der Waals surface area contributed by atoms with Gasteiger partial charge in [-0.25, -0.2) is 5.43 Å². The second-order valence-corrected chi connectivity index (χ2v) is 4.91. The van der Waals surface area contributed by atoms with Crippen molar-refractivity contribution in [2.75, 3.05) is 0 Å². The molecular weight excluding hydrogens is 356 g/mol. The number of carbonyl (C=O) groups excluding carboxylic acids is 1. The Morgan fingerprint density at radius 1 is 1.41 bits per heavy atom. The van der Waals surface area contributed by atoms with Crippen molar-refractivity contribution < 1.29 is 14.8 Å². The van der Waals surface area contributed by atoms with Crippen LogP contribution in [0, 0.1) is 10.1 Å². The van der Waals surface area contributed by atoms with Crippen molar-refractivity contribution in [3.05, 3.63) is 62.4 Å². The lowest BCUT2D eigenvalue weighted by Gasteiger charge is -2.02. The summed E-state index contributed by atoms with van der Waals surface area (Å²) >= 11 is 3.01. The van der Waals surface area contributed by atoms with Crippen molar-refractivity contribution in [3.8, 4) is 5.75 Å². The third-order valence-corrected chi connectivity index (χ3v) is 3.21. The molecule has 112 valence electrons. The maximum Gasteiger partial charge on any atom is 0.271 e. The molecule has 1 aromatic carbocycles. The fraction of sp³-hybridized carbons (Fsp3) is 0. The van der Waals surface area contributed by atoms with Crippen LogP contribution in [-0.4, -0.2) is 27.1 Å². The first-order valence-electron chi connectivity index (χ1n) is 5.89. The van der Waals surface area contributed by atoms with Gasteiger partial charge < -0.3 is 5.11 Å². The number of nitro benzene ring substituents is 1. The Kier molecular flexibility index (Phi) is 4.79. The van der Waals surface area contributed by atoms with Gasteiger partial charge in [0.1, 0.15) is 5.75 Å². The molecular formula is C13H9BrN4O4. The zero-order valence-corrected chi connectivity index (χ0v) is 12.5. The van der Waals surface area contributed by atoms with Crippen LogP contribution in [0.2, 0.25) is 0 Å². The highest BCUT2D eigenvalue weighted by Gasteiger charge is 2.13. The molecule has 0 saturated heterocycles. The first kappa shape index (κ1) is 15.6. The van der Waals surface area contributed by atoms with Crippen LogP contribution in [0.25, 0.3) is 0 Å². The number of halogens is 1. The van der Waals surface area contributed by atoms with E-state index in [1.54, 1.807) is 0 Å². The molecule has 0 aliphatic heterocycles. The first-order valence-corrected chi connectivity index (χ1v) is 6.68. The molecule has 2 aromatic rings. The normalized spacial score (nSPS) is 10.6. The number of rotatable bonds is 4. The molecule has 0 atom stereocenters. The fourth-order valence-corrected chi connectivity index (χ4v) is 2.00. The molecule has 0 saturated carbocycles. The van der Waals surface area contributed by atoms with E-state index < -0.39 is 10.8 Å². The van der Waals surface area contributed by atoms with Gasteiger partial charge in [-0.3, -0.25) is 19.9 Å². The standard InChI is InChI=1S/C13H9BrN4O4/c14-11-6-10(18(21)22)5-9(12(11)19)7-16-17-13(20)8-1-3-15-4-2-8/h1-7,19H,(H,17,20)/b16-7-. The Hall–Kier alpha value is -2.81. The van der Waals surface area contributed by atoms with Crippen LogP contribution >= 0.6 is 15.9 Å². The monoisotopic (exact) mass is 364 g/mol. The molecule has 1 aromatic heterocycles. The average Bonchev–Trinajstić information content (AvgIpc) is 2.51. The number of pyridine rings is 1. The molecule has 2 rings (SSSR count). The number of benzene rings is 1. The minimum absolute atomic E-state index is 0.0936. The summed E-state index contributed by atoms with van der Waals surface area (Å²) < 4.78 is 0.156. The zero-order chi connectivity index (χ0) is 16.1. The number of nitro groups is 1. The molecule has 0 fully saturated rings. The average molecular weight is 365 g/mol. The summed E-state index contributed by atoms with van der Waals surface area (Å²) in [5, 5.41) is 24.2. The van der Waals surface area contributed by atoms with E-state index in [-0.39, 0.29) is 21.5 Å². The Labute approximate surface area is 132 Å². The molecule has 8 nitrogen and oxygen atoms in total. The van der Waals surface area contributed by atoms with Crippen molar-refractivity contribution in [3.63, 3.8) is 0 Å². The van der Waals surface area contributed by atoms with E-state index >= 15 is 0 Å². The number of phenols is 1. The van der Waals surface area contributed by atoms with Gasteiger partial charge in [-0.15, -0.1) is 0 Å². The van der Waals surface area contributed by atoms with Crippen LogP contribution < -0.4 is 5.43 Å². The molecule has 0 bridgehead atoms. The van der Waals surface area contributed by atoms with Gasteiger partial charge in [-0.2, -0.15) is 5.10 Å². The highest BCUT2D eigenvalue weighted by atomic mass is 79.9. The van der Waals surface area contributed by atoms with Gasteiger partial charge in [0.15, 0.2) is 0 Å². The van der Waals surface area contributed by atoms with E-state index in [0.29, 0.717) is 5.56 Å². The smallest absolute Gasteiger partial charge is 0.271 e. The molecule has 22 heavy (non-hydrogen) atoms. The van der Waals surface area contributed by atoms with Crippen LogP contribution in [0.1, 0.15) is 15.9 Å². The lowest BCUT2D eigenvalue weighted by Crippen LogP contribution is -2.17. The van der Waals surface area contributed by atoms with Crippen molar-refractivity contribution in [2.45, 2.75) is 0 Å². The van der Waals surface area contributed by atoms with Gasteiger partial charge >= 0.3 is 0 Å². The maximum absolute atomic E-state index is 11.7. The second-order valence-electron chi connectivity index (χ2n) is 4.06. The Morgan fingerprint density at radius 3 is 2.73 bits per heavy atom. The molecule has 0 aliphatic carbocycles. The third kappa shape index (κ3) is 3.64. The van der Waals surface area contributed by atoms with Crippen molar-refractivity contribution in [2.24, 2.45) is 5.10 Å². The van der Waals surface area contributed by atoms with E-state index in [4.69, 9.17) is 0 Å². The number of non-ortho nitro benzene ring substituents is 1. The van der Waals surface area contributed by atoms with E-state index in [0.717, 1.165) is 12.3 Å². The van der Waals surface area contributed by atoms with Gasteiger partial charge in [0.25, 0.3) is 11.6 Å². The van der Waals surface area contributed by atoms with Crippen LogP contribution in [-0.2, 0) is 0 Å². The number of hydrazone groups is 1. The summed E-state index contributed by atoms with van der Waals surface area (Å²) in [6.45, 7) is 0. The van der Waals surface area contributed by atoms with Gasteiger partial charge in [-0.1, -0.05) is 0 Å². The number of hydrogen-bond acceptors (Lipinski definition) is 6. The second kappa shape index (κ2) is 6.76. The first-order chi connectivity index (χ1) is 10.5.